The number of carbonyl (C=O) groups is 1. The number of nitrogens with one attached hydrogen (secondary N) is 1. The number of nitrogens with zero attached hydrogens (tertiary/aromatic N) is 4. The number of carbonyl (C=O) groups excluding carboxylic acids is 1. The molecule has 170 valence electrons. The first kappa shape index (κ1) is 21.1. The van der Waals surface area contributed by atoms with Gasteiger partial charge in [0, 0.05) is 38.4 Å². The Hall–Kier alpha value is -3.81. The van der Waals surface area contributed by atoms with Crippen molar-refractivity contribution in [2.75, 3.05) is 43.0 Å². The zero-order valence-electron chi connectivity index (χ0n) is 18.5. The van der Waals surface area contributed by atoms with Crippen molar-refractivity contribution in [2.24, 2.45) is 0 Å². The molecule has 7 nitrogen and oxygen atoms in total. The largest absolute Gasteiger partial charge is 0.492 e. The molecule has 0 saturated carbocycles. The van der Waals surface area contributed by atoms with Crippen molar-refractivity contribution < 1.29 is 13.9 Å². The van der Waals surface area contributed by atoms with E-state index < -0.39 is 0 Å². The summed E-state index contributed by atoms with van der Waals surface area (Å²) < 4.78 is 21.5. The van der Waals surface area contributed by atoms with Crippen LogP contribution in [0.15, 0.2) is 60.8 Å². The van der Waals surface area contributed by atoms with Gasteiger partial charge in [0.05, 0.1) is 28.8 Å². The van der Waals surface area contributed by atoms with Gasteiger partial charge in [-0.1, -0.05) is 12.1 Å². The Morgan fingerprint density at radius 2 is 1.94 bits per heavy atom. The molecule has 33 heavy (non-hydrogen) atoms. The first-order valence-corrected chi connectivity index (χ1v) is 11.2. The summed E-state index contributed by atoms with van der Waals surface area (Å²) in [7, 11) is 0. The van der Waals surface area contributed by atoms with Gasteiger partial charge in [0.25, 0.3) is 0 Å². The number of aromatic nitrogens is 2. The average molecular weight is 448 g/mol. The third-order valence-corrected chi connectivity index (χ3v) is 5.91. The topological polar surface area (TPSA) is 62.1 Å². The lowest BCUT2D eigenvalue weighted by atomic mass is 10.2. The molecule has 5 rings (SSSR count). The fourth-order valence-electron chi connectivity index (χ4n) is 4.35. The molecule has 2 aromatic carbocycles. The molecule has 0 radical (unpaired) electrons. The highest BCUT2D eigenvalue weighted by molar-refractivity contribution is 5.91. The van der Waals surface area contributed by atoms with E-state index in [0.29, 0.717) is 43.2 Å². The van der Waals surface area contributed by atoms with Crippen molar-refractivity contribution in [1.82, 2.24) is 14.3 Å². The van der Waals surface area contributed by atoms with Gasteiger partial charge in [0.15, 0.2) is 5.82 Å². The molecule has 0 bridgehead atoms. The highest BCUT2D eigenvalue weighted by atomic mass is 19.1. The van der Waals surface area contributed by atoms with Gasteiger partial charge in [-0.25, -0.2) is 14.2 Å². The molecule has 1 N–H and O–H groups in total. The summed E-state index contributed by atoms with van der Waals surface area (Å²) in [5.74, 6) is 1.16. The molecular weight excluding hydrogens is 421 g/mol. The zero-order chi connectivity index (χ0) is 22.8. The van der Waals surface area contributed by atoms with Gasteiger partial charge in [-0.05, 0) is 49.7 Å². The van der Waals surface area contributed by atoms with Crippen molar-refractivity contribution in [2.45, 2.75) is 13.3 Å². The van der Waals surface area contributed by atoms with Crippen molar-refractivity contribution >= 4 is 34.1 Å². The molecule has 1 aliphatic rings. The SMILES string of the molecule is CCOc1ccccc1NC(=O)N1CCCN(c2nc3cc(F)ccc3n3cccc23)CC1. The molecule has 3 heterocycles. The van der Waals surface area contributed by atoms with Gasteiger partial charge < -0.3 is 24.3 Å². The summed E-state index contributed by atoms with van der Waals surface area (Å²) in [6.07, 6.45) is 2.77. The maximum Gasteiger partial charge on any atom is 0.322 e. The molecule has 8 heteroatoms. The maximum absolute atomic E-state index is 13.9. The predicted molar refractivity (Wildman–Crippen MR) is 128 cm³/mol. The second-order valence-electron chi connectivity index (χ2n) is 8.02. The van der Waals surface area contributed by atoms with E-state index in [1.165, 1.54) is 12.1 Å². The van der Waals surface area contributed by atoms with Crippen LogP contribution in [0.25, 0.3) is 16.6 Å². The number of fused-ring (bicyclic) bond motifs is 3. The van der Waals surface area contributed by atoms with Crippen molar-refractivity contribution in [1.29, 1.82) is 0 Å². The summed E-state index contributed by atoms with van der Waals surface area (Å²) in [4.78, 5) is 21.8. The average Bonchev–Trinajstić information content (AvgIpc) is 3.17. The molecule has 0 unspecified atom stereocenters. The number of anilines is 2. The highest BCUT2D eigenvalue weighted by Gasteiger charge is 2.22. The molecule has 2 amide bonds. The van der Waals surface area contributed by atoms with Crippen LogP contribution >= 0.6 is 0 Å². The quantitative estimate of drug-likeness (QED) is 0.490. The Labute approximate surface area is 191 Å². The number of para-hydroxylation sites is 2. The predicted octanol–water partition coefficient (Wildman–Crippen LogP) is 4.77. The number of hydrogen-bond acceptors (Lipinski definition) is 4. The maximum atomic E-state index is 13.9. The van der Waals surface area contributed by atoms with Crippen LogP contribution in [0.4, 0.5) is 20.7 Å². The molecule has 0 aliphatic carbocycles. The van der Waals surface area contributed by atoms with E-state index in [-0.39, 0.29) is 11.8 Å². The standard InChI is InChI=1S/C25H26FN5O2/c1-2-33-23-9-4-3-7-19(23)28-25(32)30-13-6-12-29(15-16-30)24-22-8-5-14-31(22)21-11-10-18(26)17-20(21)27-24/h3-5,7-11,14,17H,2,6,12-13,15-16H2,1H3,(H,28,32). The van der Waals surface area contributed by atoms with Gasteiger partial charge in [0.2, 0.25) is 0 Å². The number of rotatable bonds is 4. The van der Waals surface area contributed by atoms with Gasteiger partial charge in [-0.15, -0.1) is 0 Å². The summed E-state index contributed by atoms with van der Waals surface area (Å²) in [5.41, 5.74) is 3.11. The minimum absolute atomic E-state index is 0.148. The normalized spacial score (nSPS) is 14.5. The smallest absolute Gasteiger partial charge is 0.322 e. The number of hydrogen-bond donors (Lipinski definition) is 1. The van der Waals surface area contributed by atoms with E-state index >= 15 is 0 Å². The van der Waals surface area contributed by atoms with Crippen molar-refractivity contribution in [3.05, 3.63) is 66.6 Å². The summed E-state index contributed by atoms with van der Waals surface area (Å²) in [6.45, 7) is 5.03. The minimum Gasteiger partial charge on any atom is -0.492 e. The van der Waals surface area contributed by atoms with Crippen LogP contribution < -0.4 is 15.0 Å². The first-order chi connectivity index (χ1) is 16.1. The van der Waals surface area contributed by atoms with Crippen LogP contribution in [0.5, 0.6) is 5.75 Å². The van der Waals surface area contributed by atoms with E-state index in [4.69, 9.17) is 9.72 Å². The summed E-state index contributed by atoms with van der Waals surface area (Å²) in [5, 5.41) is 2.99. The number of benzene rings is 2. The van der Waals surface area contributed by atoms with E-state index in [9.17, 15) is 9.18 Å². The van der Waals surface area contributed by atoms with Gasteiger partial charge in [-0.3, -0.25) is 0 Å². The van der Waals surface area contributed by atoms with Crippen molar-refractivity contribution in [3.63, 3.8) is 0 Å². The highest BCUT2D eigenvalue weighted by Crippen LogP contribution is 2.27. The molecule has 0 atom stereocenters. The third kappa shape index (κ3) is 4.16. The molecule has 1 saturated heterocycles. The van der Waals surface area contributed by atoms with Crippen LogP contribution in [0.3, 0.4) is 0 Å². The molecule has 2 aromatic heterocycles. The van der Waals surface area contributed by atoms with E-state index in [1.54, 1.807) is 6.07 Å². The summed E-state index contributed by atoms with van der Waals surface area (Å²) >= 11 is 0. The number of urea groups is 1. The molecule has 1 aliphatic heterocycles. The second kappa shape index (κ2) is 8.97. The Kier molecular flexibility index (Phi) is 5.73. The lowest BCUT2D eigenvalue weighted by Crippen LogP contribution is -2.38. The van der Waals surface area contributed by atoms with Gasteiger partial charge in [-0.2, -0.15) is 0 Å². The van der Waals surface area contributed by atoms with Gasteiger partial charge >= 0.3 is 6.03 Å². The lowest BCUT2D eigenvalue weighted by molar-refractivity contribution is 0.215. The van der Waals surface area contributed by atoms with E-state index in [1.807, 2.05) is 58.8 Å². The van der Waals surface area contributed by atoms with E-state index in [2.05, 4.69) is 10.2 Å². The third-order valence-electron chi connectivity index (χ3n) is 5.91. The van der Waals surface area contributed by atoms with Crippen molar-refractivity contribution in [3.8, 4) is 5.75 Å². The van der Waals surface area contributed by atoms with Crippen LogP contribution in [-0.4, -0.2) is 53.1 Å². The van der Waals surface area contributed by atoms with Crippen LogP contribution in [0.2, 0.25) is 0 Å². The monoisotopic (exact) mass is 447 g/mol. The van der Waals surface area contributed by atoms with Crippen LogP contribution in [-0.2, 0) is 0 Å². The second-order valence-corrected chi connectivity index (χ2v) is 8.02. The molecule has 0 spiro atoms. The van der Waals surface area contributed by atoms with Crippen LogP contribution in [0, 0.1) is 5.82 Å². The molecular formula is C25H26FN5O2. The molecule has 1 fully saturated rings. The first-order valence-electron chi connectivity index (χ1n) is 11.2. The number of amides is 2. The number of halogens is 1. The minimum atomic E-state index is -0.307. The Morgan fingerprint density at radius 1 is 1.06 bits per heavy atom. The molecule has 4 aromatic rings. The van der Waals surface area contributed by atoms with Crippen LogP contribution in [0.1, 0.15) is 13.3 Å². The summed E-state index contributed by atoms with van der Waals surface area (Å²) in [6, 6.07) is 16.0. The fraction of sp³-hybridized carbons (Fsp3) is 0.280. The Bertz CT molecular complexity index is 1300. The Balaban J connectivity index is 1.36. The van der Waals surface area contributed by atoms with E-state index in [0.717, 1.165) is 29.8 Å². The van der Waals surface area contributed by atoms with Gasteiger partial charge in [0.1, 0.15) is 11.6 Å². The number of ether oxygens (including phenoxy) is 1. The Morgan fingerprint density at radius 3 is 2.82 bits per heavy atom. The zero-order valence-corrected chi connectivity index (χ0v) is 18.5. The lowest BCUT2D eigenvalue weighted by Gasteiger charge is -2.24. The fourth-order valence-corrected chi connectivity index (χ4v) is 4.35.